The summed E-state index contributed by atoms with van der Waals surface area (Å²) < 4.78 is 42.2. The average Bonchev–Trinajstić information content (AvgIpc) is 3.56. The topological polar surface area (TPSA) is 209 Å². The number of hydrogen-bond donors (Lipinski definition) is 5. The van der Waals surface area contributed by atoms with Crippen molar-refractivity contribution in [2.75, 3.05) is 19.7 Å². The van der Waals surface area contributed by atoms with E-state index in [0.717, 1.165) is 5.56 Å². The Bertz CT molecular complexity index is 2170. The Morgan fingerprint density at radius 1 is 0.942 bits per heavy atom. The van der Waals surface area contributed by atoms with Crippen LogP contribution in [0.4, 0.5) is 0 Å². The lowest BCUT2D eigenvalue weighted by molar-refractivity contribution is -0.277. The fourth-order valence-corrected chi connectivity index (χ4v) is 7.54. The molecule has 0 bridgehead atoms. The predicted octanol–water partition coefficient (Wildman–Crippen LogP) is 2.24. The van der Waals surface area contributed by atoms with Gasteiger partial charge in [0.2, 0.25) is 16.3 Å². The van der Waals surface area contributed by atoms with Gasteiger partial charge in [0.15, 0.2) is 11.1 Å². The Morgan fingerprint density at radius 3 is 2.25 bits per heavy atom. The van der Waals surface area contributed by atoms with Gasteiger partial charge in [0.05, 0.1) is 28.8 Å². The van der Waals surface area contributed by atoms with E-state index < -0.39 is 47.3 Å². The van der Waals surface area contributed by atoms with E-state index in [9.17, 15) is 28.8 Å². The van der Waals surface area contributed by atoms with Gasteiger partial charge in [-0.2, -0.15) is 14.5 Å². The predicted molar refractivity (Wildman–Crippen MR) is 191 cm³/mol. The Kier molecular flexibility index (Phi) is 11.3. The van der Waals surface area contributed by atoms with Gasteiger partial charge in [-0.3, -0.25) is 5.41 Å². The van der Waals surface area contributed by atoms with Gasteiger partial charge in [-0.1, -0.05) is 44.2 Å². The van der Waals surface area contributed by atoms with Gasteiger partial charge >= 0.3 is 0 Å². The molecule has 2 aromatic heterocycles. The van der Waals surface area contributed by atoms with Crippen molar-refractivity contribution in [3.8, 4) is 22.7 Å². The third kappa shape index (κ3) is 7.40. The molecule has 5 atom stereocenters. The van der Waals surface area contributed by atoms with Crippen LogP contribution in [-0.4, -0.2) is 109 Å². The van der Waals surface area contributed by atoms with Gasteiger partial charge in [-0.15, -0.1) is 0 Å². The summed E-state index contributed by atoms with van der Waals surface area (Å²) in [6, 6.07) is 22.4. The summed E-state index contributed by atoms with van der Waals surface area (Å²) in [5.74, 6) is 0.295. The summed E-state index contributed by atoms with van der Waals surface area (Å²) in [5, 5.41) is 58.6. The van der Waals surface area contributed by atoms with Gasteiger partial charge in [0.1, 0.15) is 42.2 Å². The summed E-state index contributed by atoms with van der Waals surface area (Å²) in [5.41, 5.74) is 2.87. The molecule has 6 rings (SSSR count). The maximum Gasteiger partial charge on any atom is 0.243 e. The van der Waals surface area contributed by atoms with Crippen LogP contribution < -0.4 is 10.2 Å². The number of nitrogens with one attached hydrogen (secondary N) is 1. The van der Waals surface area contributed by atoms with Crippen LogP contribution in [0.1, 0.15) is 32.3 Å². The zero-order valence-corrected chi connectivity index (χ0v) is 29.4. The molecular formula is C36H41N7O8S. The monoisotopic (exact) mass is 731 g/mol. The van der Waals surface area contributed by atoms with Gasteiger partial charge in [-0.25, -0.2) is 22.8 Å². The third-order valence-electron chi connectivity index (χ3n) is 8.64. The van der Waals surface area contributed by atoms with Gasteiger partial charge in [-0.05, 0) is 66.9 Å². The van der Waals surface area contributed by atoms with Crippen LogP contribution in [0.3, 0.4) is 0 Å². The minimum absolute atomic E-state index is 0.0166. The molecule has 0 amide bonds. The van der Waals surface area contributed by atoms with E-state index in [4.69, 9.17) is 20.0 Å². The molecular weight excluding hydrogens is 691 g/mol. The number of fused-ring (bicyclic) bond motifs is 1. The maximum absolute atomic E-state index is 13.4. The first kappa shape index (κ1) is 37.0. The number of aliphatic hydroxyl groups is 4. The highest BCUT2D eigenvalue weighted by molar-refractivity contribution is 7.89. The fraction of sp³-hybridized carbons (Fsp3) is 0.333. The summed E-state index contributed by atoms with van der Waals surface area (Å²) in [4.78, 5) is 4.81. The van der Waals surface area contributed by atoms with Crippen LogP contribution in [0.25, 0.3) is 28.0 Å². The Morgan fingerprint density at radius 2 is 1.62 bits per heavy atom. The number of aromatic nitrogens is 4. The molecule has 16 heteroatoms. The van der Waals surface area contributed by atoms with Crippen molar-refractivity contribution in [1.29, 1.82) is 5.41 Å². The molecule has 3 aromatic carbocycles. The van der Waals surface area contributed by atoms with Gasteiger partial charge in [0.25, 0.3) is 0 Å². The molecule has 52 heavy (non-hydrogen) atoms. The second-order valence-electron chi connectivity index (χ2n) is 12.3. The lowest BCUT2D eigenvalue weighted by Crippen LogP contribution is -2.60. The van der Waals surface area contributed by atoms with Crippen molar-refractivity contribution >= 4 is 27.3 Å². The Labute approximate surface area is 300 Å². The molecule has 0 spiro atoms. The number of nitrogens with zero attached hydrogens (tertiary/aromatic N) is 6. The van der Waals surface area contributed by atoms with Crippen molar-refractivity contribution in [2.24, 2.45) is 5.10 Å². The normalized spacial score (nSPS) is 20.9. The van der Waals surface area contributed by atoms with Crippen molar-refractivity contribution in [3.05, 3.63) is 96.2 Å². The van der Waals surface area contributed by atoms with Crippen LogP contribution in [0, 0.1) is 5.41 Å². The minimum atomic E-state index is -3.67. The molecule has 274 valence electrons. The highest BCUT2D eigenvalue weighted by atomic mass is 32.2. The van der Waals surface area contributed by atoms with Crippen molar-refractivity contribution in [3.63, 3.8) is 0 Å². The number of hydrogen-bond acceptors (Lipinski definition) is 12. The molecule has 1 saturated heterocycles. The number of ether oxygens (including phenoxy) is 2. The third-order valence-corrected chi connectivity index (χ3v) is 10.6. The van der Waals surface area contributed by atoms with Crippen molar-refractivity contribution < 1.29 is 38.3 Å². The second kappa shape index (κ2) is 15.8. The highest BCUT2D eigenvalue weighted by Gasteiger charge is 2.44. The van der Waals surface area contributed by atoms with Crippen LogP contribution >= 0.6 is 0 Å². The van der Waals surface area contributed by atoms with Crippen LogP contribution in [0.5, 0.6) is 5.75 Å². The zero-order chi connectivity index (χ0) is 37.0. The van der Waals surface area contributed by atoms with E-state index in [1.165, 1.54) is 21.5 Å². The fourth-order valence-electron chi connectivity index (χ4n) is 5.91. The first-order valence-electron chi connectivity index (χ1n) is 16.9. The van der Waals surface area contributed by atoms with Crippen molar-refractivity contribution in [2.45, 2.75) is 62.3 Å². The summed E-state index contributed by atoms with van der Waals surface area (Å²) in [6.45, 7) is 4.20. The minimum Gasteiger partial charge on any atom is -0.462 e. The number of sulfonamides is 1. The van der Waals surface area contributed by atoms with E-state index in [1.54, 1.807) is 53.2 Å². The van der Waals surface area contributed by atoms with Gasteiger partial charge in [0, 0.05) is 18.7 Å². The van der Waals surface area contributed by atoms with E-state index in [2.05, 4.69) is 10.1 Å². The lowest BCUT2D eigenvalue weighted by atomic mass is 9.99. The number of aliphatic hydroxyl groups excluding tert-OH is 4. The molecule has 5 N–H and O–H groups in total. The average molecular weight is 732 g/mol. The molecule has 0 radical (unpaired) electrons. The van der Waals surface area contributed by atoms with E-state index in [1.807, 2.05) is 44.2 Å². The second-order valence-corrected chi connectivity index (χ2v) is 14.2. The lowest BCUT2D eigenvalue weighted by Gasteiger charge is -2.39. The largest absolute Gasteiger partial charge is 0.462 e. The number of benzene rings is 3. The molecule has 15 nitrogen and oxygen atoms in total. The smallest absolute Gasteiger partial charge is 0.243 e. The summed E-state index contributed by atoms with van der Waals surface area (Å²) >= 11 is 0. The van der Waals surface area contributed by atoms with Crippen LogP contribution in [0.2, 0.25) is 0 Å². The quantitative estimate of drug-likeness (QED) is 0.112. The number of rotatable bonds is 13. The van der Waals surface area contributed by atoms with E-state index in [-0.39, 0.29) is 10.4 Å². The van der Waals surface area contributed by atoms with Gasteiger partial charge < -0.3 is 29.9 Å². The molecule has 1 aliphatic heterocycles. The summed E-state index contributed by atoms with van der Waals surface area (Å²) in [7, 11) is -3.67. The van der Waals surface area contributed by atoms with E-state index >= 15 is 0 Å². The molecule has 1 fully saturated rings. The SMILES string of the molecule is CCCN(CCC)S(=O)(=O)c1ccc(-n2nc(-c3ccccc3)c3c(=N)n(/N=C\c4ccc(OC5OC(CO)C(O)C(O)C5O)cc4)cnc32)cc1. The molecule has 5 aromatic rings. The standard InChI is InChI=1S/C36H41N7O8S/c1-3-18-41(19-4-2)52(48,49)27-16-12-25(13-17-27)43-35-29(30(40-43)24-8-6-5-7-9-24)34(37)42(22-38-35)39-20-23-10-14-26(15-11-23)50-36-33(47)32(46)31(45)28(21-44)51-36/h5-17,20,22,28,31-33,36-37,44-47H,3-4,18-19,21H2,1-2H3/b37-34?,39-20-. The molecule has 3 heterocycles. The highest BCUT2D eigenvalue weighted by Crippen LogP contribution is 2.28. The molecule has 1 aliphatic rings. The zero-order valence-electron chi connectivity index (χ0n) is 28.6. The van der Waals surface area contributed by atoms with E-state index in [0.29, 0.717) is 59.7 Å². The van der Waals surface area contributed by atoms with Crippen LogP contribution in [0.15, 0.2) is 95.2 Å². The molecule has 5 unspecified atom stereocenters. The maximum atomic E-state index is 13.4. The Balaban J connectivity index is 1.29. The first-order chi connectivity index (χ1) is 25.1. The first-order valence-corrected chi connectivity index (χ1v) is 18.3. The molecule has 0 saturated carbocycles. The Hall–Kier alpha value is -4.81. The van der Waals surface area contributed by atoms with Crippen LogP contribution in [-0.2, 0) is 14.8 Å². The van der Waals surface area contributed by atoms with Crippen molar-refractivity contribution in [1.82, 2.24) is 23.7 Å². The molecule has 0 aliphatic carbocycles. The summed E-state index contributed by atoms with van der Waals surface area (Å²) in [6.07, 6.45) is -2.66.